The smallest absolute Gasteiger partial charge is 0.307 e. The van der Waals surface area contributed by atoms with Crippen molar-refractivity contribution < 1.29 is 14.3 Å². The summed E-state index contributed by atoms with van der Waals surface area (Å²) in [5.41, 5.74) is 1.07. The van der Waals surface area contributed by atoms with E-state index in [-0.39, 0.29) is 12.0 Å². The number of morpholine rings is 1. The van der Waals surface area contributed by atoms with Gasteiger partial charge in [0.05, 0.1) is 32.4 Å². The molecule has 1 aromatic heterocycles. The zero-order valence-electron chi connectivity index (χ0n) is 12.2. The van der Waals surface area contributed by atoms with Gasteiger partial charge >= 0.3 is 5.97 Å². The van der Waals surface area contributed by atoms with Gasteiger partial charge < -0.3 is 9.47 Å². The van der Waals surface area contributed by atoms with Crippen molar-refractivity contribution in [3.8, 4) is 0 Å². The average molecular weight is 281 g/mol. The minimum Gasteiger partial charge on any atom is -0.466 e. The molecule has 0 aliphatic carbocycles. The predicted molar refractivity (Wildman–Crippen MR) is 74.3 cm³/mol. The summed E-state index contributed by atoms with van der Waals surface area (Å²) in [7, 11) is 0. The van der Waals surface area contributed by atoms with E-state index in [4.69, 9.17) is 9.47 Å². The van der Waals surface area contributed by atoms with Crippen molar-refractivity contribution in [3.05, 3.63) is 18.0 Å². The van der Waals surface area contributed by atoms with Crippen LogP contribution < -0.4 is 0 Å². The topological polar surface area (TPSA) is 56.6 Å². The molecular formula is C14H23N3O3. The highest BCUT2D eigenvalue weighted by Gasteiger charge is 2.26. The molecular weight excluding hydrogens is 258 g/mol. The molecule has 6 heteroatoms. The molecule has 2 heterocycles. The second-order valence-electron chi connectivity index (χ2n) is 4.80. The molecule has 0 bridgehead atoms. The number of hydrogen-bond acceptors (Lipinski definition) is 5. The fourth-order valence-electron chi connectivity index (χ4n) is 2.45. The number of hydrogen-bond donors (Lipinski definition) is 0. The van der Waals surface area contributed by atoms with Gasteiger partial charge in [-0.3, -0.25) is 14.4 Å². The molecule has 0 radical (unpaired) electrons. The molecule has 1 atom stereocenters. The summed E-state index contributed by atoms with van der Waals surface area (Å²) in [6.07, 6.45) is 4.23. The maximum atomic E-state index is 11.8. The van der Waals surface area contributed by atoms with Crippen LogP contribution in [0.1, 0.15) is 31.9 Å². The second-order valence-corrected chi connectivity index (χ2v) is 4.80. The van der Waals surface area contributed by atoms with Crippen molar-refractivity contribution in [2.24, 2.45) is 0 Å². The van der Waals surface area contributed by atoms with Crippen LogP contribution in [0.25, 0.3) is 0 Å². The van der Waals surface area contributed by atoms with Gasteiger partial charge in [0, 0.05) is 37.4 Å². The van der Waals surface area contributed by atoms with E-state index in [9.17, 15) is 4.79 Å². The lowest BCUT2D eigenvalue weighted by Gasteiger charge is -2.33. The maximum absolute atomic E-state index is 11.8. The van der Waals surface area contributed by atoms with Crippen LogP contribution in [0, 0.1) is 0 Å². The van der Waals surface area contributed by atoms with Gasteiger partial charge in [-0.15, -0.1) is 0 Å². The summed E-state index contributed by atoms with van der Waals surface area (Å²) in [4.78, 5) is 14.1. The zero-order valence-corrected chi connectivity index (χ0v) is 12.2. The van der Waals surface area contributed by atoms with Gasteiger partial charge in [0.1, 0.15) is 0 Å². The lowest BCUT2D eigenvalue weighted by molar-refractivity contribution is -0.145. The molecule has 1 saturated heterocycles. The number of rotatable bonds is 6. The van der Waals surface area contributed by atoms with Crippen molar-refractivity contribution in [2.45, 2.75) is 32.9 Å². The maximum Gasteiger partial charge on any atom is 0.307 e. The molecule has 1 unspecified atom stereocenters. The summed E-state index contributed by atoms with van der Waals surface area (Å²) in [5.74, 6) is -0.159. The van der Waals surface area contributed by atoms with Crippen molar-refractivity contribution in [2.75, 3.05) is 32.9 Å². The minimum absolute atomic E-state index is 0.0262. The van der Waals surface area contributed by atoms with E-state index in [2.05, 4.69) is 10.00 Å². The van der Waals surface area contributed by atoms with Crippen molar-refractivity contribution in [3.63, 3.8) is 0 Å². The lowest BCUT2D eigenvalue weighted by atomic mass is 10.1. The Morgan fingerprint density at radius 3 is 2.80 bits per heavy atom. The largest absolute Gasteiger partial charge is 0.466 e. The Kier molecular flexibility index (Phi) is 5.55. The Morgan fingerprint density at radius 2 is 2.20 bits per heavy atom. The quantitative estimate of drug-likeness (QED) is 0.734. The Morgan fingerprint density at radius 1 is 1.45 bits per heavy atom. The summed E-state index contributed by atoms with van der Waals surface area (Å²) >= 11 is 0. The van der Waals surface area contributed by atoms with Crippen LogP contribution in [0.3, 0.4) is 0 Å². The van der Waals surface area contributed by atoms with Gasteiger partial charge in [-0.05, 0) is 13.8 Å². The van der Waals surface area contributed by atoms with E-state index in [1.807, 2.05) is 30.9 Å². The number of esters is 1. The molecule has 0 saturated carbocycles. The van der Waals surface area contributed by atoms with Gasteiger partial charge in [-0.2, -0.15) is 5.10 Å². The van der Waals surface area contributed by atoms with E-state index in [1.165, 1.54) is 0 Å². The van der Waals surface area contributed by atoms with Crippen LogP contribution in [0.4, 0.5) is 0 Å². The van der Waals surface area contributed by atoms with Crippen LogP contribution in [0.5, 0.6) is 0 Å². The first-order valence-corrected chi connectivity index (χ1v) is 7.24. The number of aromatic nitrogens is 2. The Labute approximate surface area is 119 Å². The van der Waals surface area contributed by atoms with Gasteiger partial charge in [-0.1, -0.05) is 0 Å². The normalized spacial score (nSPS) is 17.9. The highest BCUT2D eigenvalue weighted by atomic mass is 16.5. The minimum atomic E-state index is -0.159. The third-order valence-corrected chi connectivity index (χ3v) is 3.51. The van der Waals surface area contributed by atoms with E-state index in [1.54, 1.807) is 0 Å². The molecule has 1 aliphatic heterocycles. The molecule has 0 amide bonds. The van der Waals surface area contributed by atoms with Gasteiger partial charge in [0.15, 0.2) is 0 Å². The van der Waals surface area contributed by atoms with E-state index >= 15 is 0 Å². The monoisotopic (exact) mass is 281 g/mol. The summed E-state index contributed by atoms with van der Waals surface area (Å²) < 4.78 is 12.4. The fourth-order valence-corrected chi connectivity index (χ4v) is 2.45. The number of aryl methyl sites for hydroxylation is 1. The number of ether oxygens (including phenoxy) is 2. The molecule has 1 fully saturated rings. The van der Waals surface area contributed by atoms with Crippen LogP contribution in [0.15, 0.2) is 12.4 Å². The number of carbonyl (C=O) groups is 1. The predicted octanol–water partition coefficient (Wildman–Crippen LogP) is 1.23. The molecule has 6 nitrogen and oxygen atoms in total. The fraction of sp³-hybridized carbons (Fsp3) is 0.714. The Balaban J connectivity index is 2.11. The first kappa shape index (κ1) is 15.0. The van der Waals surface area contributed by atoms with Crippen molar-refractivity contribution in [1.29, 1.82) is 0 Å². The summed E-state index contributed by atoms with van der Waals surface area (Å²) in [5, 5.41) is 4.31. The standard InChI is InChI=1S/C14H23N3O3/c1-3-17-11-12(10-15-17)13(9-14(18)20-4-2)16-5-7-19-8-6-16/h10-11,13H,3-9H2,1-2H3. The third-order valence-electron chi connectivity index (χ3n) is 3.51. The third kappa shape index (κ3) is 3.80. The van der Waals surface area contributed by atoms with E-state index in [0.717, 1.165) is 25.2 Å². The van der Waals surface area contributed by atoms with Gasteiger partial charge in [-0.25, -0.2) is 0 Å². The molecule has 1 aliphatic rings. The van der Waals surface area contributed by atoms with Crippen LogP contribution in [0.2, 0.25) is 0 Å². The highest BCUT2D eigenvalue weighted by molar-refractivity contribution is 5.70. The summed E-state index contributed by atoms with van der Waals surface area (Å²) in [6.45, 7) is 8.21. The molecule has 20 heavy (non-hydrogen) atoms. The summed E-state index contributed by atoms with van der Waals surface area (Å²) in [6, 6.07) is 0.0262. The van der Waals surface area contributed by atoms with E-state index < -0.39 is 0 Å². The SMILES string of the molecule is CCOC(=O)CC(c1cnn(CC)c1)N1CCOCC1. The molecule has 0 N–H and O–H groups in total. The molecule has 0 aromatic carbocycles. The molecule has 2 rings (SSSR count). The second kappa shape index (κ2) is 7.40. The Bertz CT molecular complexity index is 427. The van der Waals surface area contributed by atoms with Crippen LogP contribution in [-0.4, -0.2) is 53.6 Å². The van der Waals surface area contributed by atoms with Crippen LogP contribution >= 0.6 is 0 Å². The first-order chi connectivity index (χ1) is 9.74. The molecule has 1 aromatic rings. The molecule has 112 valence electrons. The zero-order chi connectivity index (χ0) is 14.4. The van der Waals surface area contributed by atoms with E-state index in [0.29, 0.717) is 26.2 Å². The molecule has 0 spiro atoms. The Hall–Kier alpha value is -1.40. The number of nitrogens with zero attached hydrogens (tertiary/aromatic N) is 3. The average Bonchev–Trinajstić information content (AvgIpc) is 2.95. The van der Waals surface area contributed by atoms with Crippen molar-refractivity contribution >= 4 is 5.97 Å². The van der Waals surface area contributed by atoms with Crippen molar-refractivity contribution in [1.82, 2.24) is 14.7 Å². The van der Waals surface area contributed by atoms with Crippen LogP contribution in [-0.2, 0) is 20.8 Å². The lowest BCUT2D eigenvalue weighted by Crippen LogP contribution is -2.40. The number of carbonyl (C=O) groups excluding carboxylic acids is 1. The van der Waals surface area contributed by atoms with Gasteiger partial charge in [0.25, 0.3) is 0 Å². The van der Waals surface area contributed by atoms with Gasteiger partial charge in [0.2, 0.25) is 0 Å². The highest BCUT2D eigenvalue weighted by Crippen LogP contribution is 2.25. The first-order valence-electron chi connectivity index (χ1n) is 7.24.